The van der Waals surface area contributed by atoms with Crippen molar-refractivity contribution in [3.63, 3.8) is 0 Å². The van der Waals surface area contributed by atoms with Crippen LogP contribution in [0.3, 0.4) is 0 Å². The van der Waals surface area contributed by atoms with Gasteiger partial charge in [-0.1, -0.05) is 42.5 Å². The van der Waals surface area contributed by atoms with Gasteiger partial charge in [0.2, 0.25) is 0 Å². The average Bonchev–Trinajstić information content (AvgIpc) is 3.35. The molecule has 2 fully saturated rings. The van der Waals surface area contributed by atoms with Crippen molar-refractivity contribution >= 4 is 11.0 Å². The summed E-state index contributed by atoms with van der Waals surface area (Å²) in [6.07, 6.45) is 10.1. The molecule has 1 aliphatic carbocycles. The third kappa shape index (κ3) is 4.32. The molecule has 2 saturated heterocycles. The van der Waals surface area contributed by atoms with Gasteiger partial charge in [-0.15, -0.1) is 0 Å². The third-order valence-electron chi connectivity index (χ3n) is 9.62. The lowest BCUT2D eigenvalue weighted by Gasteiger charge is -2.56. The highest BCUT2D eigenvalue weighted by Gasteiger charge is 2.45. The number of aromatic amines is 1. The number of hydrogen-bond donors (Lipinski definition) is 1. The number of nitrogens with one attached hydrogen (secondary N) is 1. The number of rotatable bonds is 4. The van der Waals surface area contributed by atoms with Crippen LogP contribution in [-0.2, 0) is 17.6 Å². The molecular formula is C36H33N5O. The average molecular weight is 552 g/mol. The Balaban J connectivity index is 1.07. The molecule has 8 rings (SSSR count). The Morgan fingerprint density at radius 1 is 0.857 bits per heavy atom. The van der Waals surface area contributed by atoms with Gasteiger partial charge in [-0.2, -0.15) is 5.26 Å². The molecule has 2 aliphatic heterocycles. The first-order valence-electron chi connectivity index (χ1n) is 15.1. The molecule has 6 nitrogen and oxygen atoms in total. The summed E-state index contributed by atoms with van der Waals surface area (Å²) in [5.74, 6) is 0. The first kappa shape index (κ1) is 25.4. The van der Waals surface area contributed by atoms with Crippen LogP contribution in [0.1, 0.15) is 41.6 Å². The Morgan fingerprint density at radius 3 is 2.40 bits per heavy atom. The first-order chi connectivity index (χ1) is 20.6. The zero-order valence-corrected chi connectivity index (χ0v) is 23.8. The molecule has 3 atom stereocenters. The van der Waals surface area contributed by atoms with Gasteiger partial charge in [-0.3, -0.25) is 9.88 Å². The summed E-state index contributed by atoms with van der Waals surface area (Å²) in [5.41, 5.74) is 11.6. The Morgan fingerprint density at radius 2 is 1.62 bits per heavy atom. The summed E-state index contributed by atoms with van der Waals surface area (Å²) >= 11 is 0. The van der Waals surface area contributed by atoms with Crippen LogP contribution in [-0.4, -0.2) is 51.2 Å². The lowest BCUT2D eigenvalue weighted by atomic mass is 9.87. The van der Waals surface area contributed by atoms with Crippen molar-refractivity contribution in [1.29, 1.82) is 5.26 Å². The van der Waals surface area contributed by atoms with E-state index in [1.807, 2.05) is 43.6 Å². The number of aryl methyl sites for hydroxylation is 3. The van der Waals surface area contributed by atoms with Gasteiger partial charge in [-0.25, -0.2) is 4.98 Å². The molecule has 42 heavy (non-hydrogen) atoms. The van der Waals surface area contributed by atoms with Crippen molar-refractivity contribution in [3.8, 4) is 39.6 Å². The third-order valence-corrected chi connectivity index (χ3v) is 9.62. The SMILES string of the molecule is Cc1ccc(C#N)c(-c2ccc(-c3c[nH]c4ncc(-c5ccc6c(c5)CC[C@@H](N5C7COCC5C7)CC6)cc34)cc2)n1. The maximum atomic E-state index is 9.56. The first-order valence-corrected chi connectivity index (χ1v) is 15.1. The van der Waals surface area contributed by atoms with E-state index in [4.69, 9.17) is 9.72 Å². The van der Waals surface area contributed by atoms with E-state index in [2.05, 4.69) is 57.3 Å². The van der Waals surface area contributed by atoms with Gasteiger partial charge in [0, 0.05) is 58.3 Å². The van der Waals surface area contributed by atoms with Crippen molar-refractivity contribution in [2.24, 2.45) is 0 Å². The van der Waals surface area contributed by atoms with Crippen LogP contribution < -0.4 is 0 Å². The van der Waals surface area contributed by atoms with Gasteiger partial charge < -0.3 is 9.72 Å². The minimum Gasteiger partial charge on any atom is -0.378 e. The summed E-state index contributed by atoms with van der Waals surface area (Å²) in [5, 5.41) is 10.7. The van der Waals surface area contributed by atoms with Gasteiger partial charge in [-0.05, 0) is 79.5 Å². The van der Waals surface area contributed by atoms with Gasteiger partial charge >= 0.3 is 0 Å². The summed E-state index contributed by atoms with van der Waals surface area (Å²) in [4.78, 5) is 15.6. The number of nitriles is 1. The standard InChI is InChI=1S/C36H33N5O/c1-22-2-3-28(17-37)35(40-22)25-7-5-24(6-8-25)34-19-39-36-33(34)15-29(18-38-36)27-9-4-23-10-12-30(13-11-26(23)14-27)41-31-16-32(41)21-42-20-31/h2-9,14-15,18-19,30-32H,10-13,16,20-21H2,1H3,(H,38,39)/t30-,31?,32?/m0/s1. The molecule has 5 heterocycles. The highest BCUT2D eigenvalue weighted by Crippen LogP contribution is 2.38. The molecule has 3 aromatic heterocycles. The molecule has 2 unspecified atom stereocenters. The molecule has 0 spiro atoms. The topological polar surface area (TPSA) is 77.8 Å². The zero-order valence-electron chi connectivity index (χ0n) is 23.8. The van der Waals surface area contributed by atoms with Crippen LogP contribution in [0.25, 0.3) is 44.5 Å². The molecule has 6 heteroatoms. The maximum absolute atomic E-state index is 9.56. The number of nitrogens with zero attached hydrogens (tertiary/aromatic N) is 4. The number of benzene rings is 2. The van der Waals surface area contributed by atoms with Gasteiger partial charge in [0.25, 0.3) is 0 Å². The number of hydrogen-bond acceptors (Lipinski definition) is 5. The largest absolute Gasteiger partial charge is 0.378 e. The maximum Gasteiger partial charge on any atom is 0.137 e. The number of fused-ring (bicyclic) bond motifs is 4. The molecule has 1 N–H and O–H groups in total. The Hall–Kier alpha value is -4.31. The van der Waals surface area contributed by atoms with Crippen LogP contribution in [0.5, 0.6) is 0 Å². The van der Waals surface area contributed by atoms with Crippen molar-refractivity contribution in [1.82, 2.24) is 19.9 Å². The van der Waals surface area contributed by atoms with Crippen LogP contribution in [0, 0.1) is 18.3 Å². The van der Waals surface area contributed by atoms with E-state index >= 15 is 0 Å². The summed E-state index contributed by atoms with van der Waals surface area (Å²) < 4.78 is 5.74. The fourth-order valence-electron chi connectivity index (χ4n) is 7.41. The molecule has 5 aromatic rings. The lowest BCUT2D eigenvalue weighted by molar-refractivity contribution is -0.148. The van der Waals surface area contributed by atoms with E-state index in [-0.39, 0.29) is 0 Å². The minimum atomic E-state index is 0.586. The molecule has 208 valence electrons. The summed E-state index contributed by atoms with van der Waals surface area (Å²) in [6.45, 7) is 3.78. The lowest BCUT2D eigenvalue weighted by Crippen LogP contribution is -2.66. The van der Waals surface area contributed by atoms with E-state index in [0.717, 1.165) is 70.7 Å². The van der Waals surface area contributed by atoms with E-state index in [1.165, 1.54) is 36.0 Å². The van der Waals surface area contributed by atoms with Crippen molar-refractivity contribution < 1.29 is 4.74 Å². The fraction of sp³-hybridized carbons (Fsp3) is 0.306. The van der Waals surface area contributed by atoms with Gasteiger partial charge in [0.1, 0.15) is 11.7 Å². The number of pyridine rings is 2. The second kappa shape index (κ2) is 10.2. The normalized spacial score (nSPS) is 21.8. The Labute approximate surface area is 246 Å². The molecule has 2 bridgehead atoms. The van der Waals surface area contributed by atoms with Crippen LogP contribution in [0.2, 0.25) is 0 Å². The molecule has 0 radical (unpaired) electrons. The Kier molecular flexibility index (Phi) is 6.17. The molecule has 2 aromatic carbocycles. The molecule has 0 saturated carbocycles. The predicted octanol–water partition coefficient (Wildman–Crippen LogP) is 6.86. The molecule has 3 aliphatic rings. The van der Waals surface area contributed by atoms with Crippen molar-refractivity contribution in [2.45, 2.75) is 57.2 Å². The van der Waals surface area contributed by atoms with Crippen molar-refractivity contribution in [2.75, 3.05) is 13.2 Å². The van der Waals surface area contributed by atoms with E-state index in [0.29, 0.717) is 23.7 Å². The number of aromatic nitrogens is 3. The number of ether oxygens (including phenoxy) is 1. The van der Waals surface area contributed by atoms with Gasteiger partial charge in [0.15, 0.2) is 0 Å². The smallest absolute Gasteiger partial charge is 0.137 e. The Bertz CT molecular complexity index is 1840. The highest BCUT2D eigenvalue weighted by atomic mass is 16.5. The minimum absolute atomic E-state index is 0.586. The molecular weight excluding hydrogens is 518 g/mol. The van der Waals surface area contributed by atoms with Crippen LogP contribution in [0.4, 0.5) is 0 Å². The summed E-state index contributed by atoms with van der Waals surface area (Å²) in [6, 6.07) is 25.5. The second-order valence-corrected chi connectivity index (χ2v) is 12.1. The van der Waals surface area contributed by atoms with Crippen LogP contribution >= 0.6 is 0 Å². The molecule has 0 amide bonds. The van der Waals surface area contributed by atoms with E-state index in [1.54, 1.807) is 0 Å². The quantitative estimate of drug-likeness (QED) is 0.247. The van der Waals surface area contributed by atoms with Crippen molar-refractivity contribution in [3.05, 3.63) is 95.4 Å². The van der Waals surface area contributed by atoms with Gasteiger partial charge in [0.05, 0.1) is 24.5 Å². The number of morpholine rings is 1. The van der Waals surface area contributed by atoms with Crippen LogP contribution in [0.15, 0.2) is 73.1 Å². The van der Waals surface area contributed by atoms with E-state index < -0.39 is 0 Å². The van der Waals surface area contributed by atoms with E-state index in [9.17, 15) is 5.26 Å². The predicted molar refractivity (Wildman–Crippen MR) is 165 cm³/mol. The highest BCUT2D eigenvalue weighted by molar-refractivity contribution is 5.96. The fourth-order valence-corrected chi connectivity index (χ4v) is 7.41. The monoisotopic (exact) mass is 551 g/mol. The zero-order chi connectivity index (χ0) is 28.2. The number of H-pyrrole nitrogens is 1. The summed E-state index contributed by atoms with van der Waals surface area (Å²) in [7, 11) is 0. The second-order valence-electron chi connectivity index (χ2n) is 12.1.